The lowest BCUT2D eigenvalue weighted by molar-refractivity contribution is -0.121. The fraction of sp³-hybridized carbons (Fsp3) is 0.300. The fourth-order valence-electron chi connectivity index (χ4n) is 2.56. The third-order valence-electron chi connectivity index (χ3n) is 4.00. The lowest BCUT2D eigenvalue weighted by Crippen LogP contribution is -2.34. The molecule has 0 aliphatic heterocycles. The van der Waals surface area contributed by atoms with E-state index in [1.54, 1.807) is 12.0 Å². The van der Waals surface area contributed by atoms with Gasteiger partial charge in [0, 0.05) is 32.1 Å². The summed E-state index contributed by atoms with van der Waals surface area (Å²) in [5.41, 5.74) is 2.85. The Hall–Kier alpha value is -2.82. The molecule has 0 aliphatic rings. The topological polar surface area (TPSA) is 58.6 Å². The molecule has 0 saturated heterocycles. The Morgan fingerprint density at radius 2 is 1.76 bits per heavy atom. The predicted octanol–water partition coefficient (Wildman–Crippen LogP) is 3.06. The minimum absolute atomic E-state index is 0.0720. The zero-order chi connectivity index (χ0) is 18.2. The number of ether oxygens (including phenoxy) is 1. The molecule has 0 saturated carbocycles. The molecule has 0 fully saturated rings. The second-order valence-electron chi connectivity index (χ2n) is 5.83. The van der Waals surface area contributed by atoms with Crippen molar-refractivity contribution in [1.29, 1.82) is 0 Å². The van der Waals surface area contributed by atoms with Gasteiger partial charge in [-0.15, -0.1) is 0 Å². The van der Waals surface area contributed by atoms with Crippen molar-refractivity contribution in [2.45, 2.75) is 26.8 Å². The minimum atomic E-state index is -0.0874. The lowest BCUT2D eigenvalue weighted by atomic mass is 10.1. The van der Waals surface area contributed by atoms with Gasteiger partial charge in [-0.1, -0.05) is 30.3 Å². The summed E-state index contributed by atoms with van der Waals surface area (Å²) in [6.45, 7) is 4.28. The van der Waals surface area contributed by atoms with Crippen LogP contribution in [0.5, 0.6) is 5.75 Å². The summed E-state index contributed by atoms with van der Waals surface area (Å²) in [5.74, 6) is 0.623. The summed E-state index contributed by atoms with van der Waals surface area (Å²) in [5, 5.41) is 2.88. The molecule has 1 N–H and O–H groups in total. The summed E-state index contributed by atoms with van der Waals surface area (Å²) >= 11 is 0. The van der Waals surface area contributed by atoms with Crippen molar-refractivity contribution in [3.05, 3.63) is 59.7 Å². The number of anilines is 1. The molecule has 0 spiro atoms. The minimum Gasteiger partial charge on any atom is -0.497 e. The highest BCUT2D eigenvalue weighted by molar-refractivity contribution is 5.93. The van der Waals surface area contributed by atoms with Crippen LogP contribution in [0.15, 0.2) is 48.5 Å². The second-order valence-corrected chi connectivity index (χ2v) is 5.83. The maximum absolute atomic E-state index is 12.1. The molecule has 0 unspecified atom stereocenters. The normalized spacial score (nSPS) is 10.2. The van der Waals surface area contributed by atoms with E-state index in [0.29, 0.717) is 13.1 Å². The third kappa shape index (κ3) is 5.35. The fourth-order valence-corrected chi connectivity index (χ4v) is 2.56. The maximum Gasteiger partial charge on any atom is 0.223 e. The molecule has 5 nitrogen and oxygen atoms in total. The van der Waals surface area contributed by atoms with Gasteiger partial charge in [0.2, 0.25) is 11.8 Å². The first-order valence-corrected chi connectivity index (χ1v) is 8.24. The summed E-state index contributed by atoms with van der Waals surface area (Å²) < 4.78 is 5.11. The summed E-state index contributed by atoms with van der Waals surface area (Å²) in [6, 6.07) is 15.2. The number of amides is 2. The van der Waals surface area contributed by atoms with Gasteiger partial charge in [0.25, 0.3) is 0 Å². The van der Waals surface area contributed by atoms with Gasteiger partial charge in [0.15, 0.2) is 0 Å². The molecule has 0 radical (unpaired) electrons. The van der Waals surface area contributed by atoms with Crippen molar-refractivity contribution in [2.75, 3.05) is 18.6 Å². The van der Waals surface area contributed by atoms with Crippen LogP contribution >= 0.6 is 0 Å². The molecule has 132 valence electrons. The number of nitrogens with zero attached hydrogens (tertiary/aromatic N) is 1. The highest BCUT2D eigenvalue weighted by atomic mass is 16.5. The Balaban J connectivity index is 1.88. The molecule has 2 rings (SSSR count). The number of carbonyl (C=O) groups excluding carboxylic acids is 2. The van der Waals surface area contributed by atoms with Crippen LogP contribution in [0, 0.1) is 6.92 Å². The molecule has 0 heterocycles. The lowest BCUT2D eigenvalue weighted by Gasteiger charge is -2.22. The molecule has 5 heteroatoms. The SMILES string of the molecule is COc1ccc(CNC(=O)CCN(C(C)=O)c2ccccc2C)cc1. The van der Waals surface area contributed by atoms with Gasteiger partial charge in [0.1, 0.15) is 5.75 Å². The van der Waals surface area contributed by atoms with Crippen LogP contribution in [-0.2, 0) is 16.1 Å². The quantitative estimate of drug-likeness (QED) is 0.843. The number of rotatable bonds is 7. The number of aryl methyl sites for hydroxylation is 1. The van der Waals surface area contributed by atoms with Gasteiger partial charge in [-0.2, -0.15) is 0 Å². The monoisotopic (exact) mass is 340 g/mol. The van der Waals surface area contributed by atoms with Gasteiger partial charge < -0.3 is 15.0 Å². The van der Waals surface area contributed by atoms with E-state index < -0.39 is 0 Å². The summed E-state index contributed by atoms with van der Waals surface area (Å²) in [4.78, 5) is 25.7. The molecule has 0 bridgehead atoms. The van der Waals surface area contributed by atoms with Crippen LogP contribution in [0.25, 0.3) is 0 Å². The number of benzene rings is 2. The van der Waals surface area contributed by atoms with E-state index in [-0.39, 0.29) is 18.2 Å². The predicted molar refractivity (Wildman–Crippen MR) is 98.7 cm³/mol. The number of hydrogen-bond donors (Lipinski definition) is 1. The number of nitrogens with one attached hydrogen (secondary N) is 1. The Morgan fingerprint density at radius 1 is 1.08 bits per heavy atom. The number of methoxy groups -OCH3 is 1. The molecular formula is C20H24N2O3. The van der Waals surface area contributed by atoms with Crippen LogP contribution in [0.4, 0.5) is 5.69 Å². The van der Waals surface area contributed by atoms with Crippen LogP contribution in [-0.4, -0.2) is 25.5 Å². The molecule has 2 amide bonds. The van der Waals surface area contributed by atoms with Crippen molar-refractivity contribution in [3.63, 3.8) is 0 Å². The van der Waals surface area contributed by atoms with Gasteiger partial charge in [-0.25, -0.2) is 0 Å². The highest BCUT2D eigenvalue weighted by Crippen LogP contribution is 2.19. The first-order chi connectivity index (χ1) is 12.0. The molecule has 0 aliphatic carbocycles. The Kier molecular flexibility index (Phi) is 6.57. The summed E-state index contributed by atoms with van der Waals surface area (Å²) in [6.07, 6.45) is 0.254. The van der Waals surface area contributed by atoms with Crippen LogP contribution in [0.2, 0.25) is 0 Å². The average Bonchev–Trinajstić information content (AvgIpc) is 2.61. The van der Waals surface area contributed by atoms with Crippen molar-refractivity contribution in [1.82, 2.24) is 5.32 Å². The molecular weight excluding hydrogens is 316 g/mol. The van der Waals surface area contributed by atoms with Crippen LogP contribution in [0.3, 0.4) is 0 Å². The Bertz CT molecular complexity index is 726. The Morgan fingerprint density at radius 3 is 2.36 bits per heavy atom. The third-order valence-corrected chi connectivity index (χ3v) is 4.00. The van der Waals surface area contributed by atoms with Crippen molar-refractivity contribution in [3.8, 4) is 5.75 Å². The van der Waals surface area contributed by atoms with E-state index in [4.69, 9.17) is 4.74 Å². The number of carbonyl (C=O) groups is 2. The van der Waals surface area contributed by atoms with E-state index >= 15 is 0 Å². The standard InChI is InChI=1S/C20H24N2O3/c1-15-6-4-5-7-19(15)22(16(2)23)13-12-20(24)21-14-17-8-10-18(25-3)11-9-17/h4-11H,12-14H2,1-3H3,(H,21,24). The van der Waals surface area contributed by atoms with E-state index in [1.165, 1.54) is 6.92 Å². The molecule has 0 aromatic heterocycles. The van der Waals surface area contributed by atoms with Gasteiger partial charge in [0.05, 0.1) is 7.11 Å². The largest absolute Gasteiger partial charge is 0.497 e. The van der Waals surface area contributed by atoms with Crippen LogP contribution in [0.1, 0.15) is 24.5 Å². The average molecular weight is 340 g/mol. The number of hydrogen-bond acceptors (Lipinski definition) is 3. The van der Waals surface area contributed by atoms with Gasteiger partial charge in [-0.05, 0) is 36.2 Å². The van der Waals surface area contributed by atoms with E-state index in [9.17, 15) is 9.59 Å². The zero-order valence-electron chi connectivity index (χ0n) is 14.9. The van der Waals surface area contributed by atoms with E-state index in [1.807, 2.05) is 55.5 Å². The molecule has 0 atom stereocenters. The van der Waals surface area contributed by atoms with Crippen molar-refractivity contribution < 1.29 is 14.3 Å². The number of para-hydroxylation sites is 1. The Labute approximate surface area is 148 Å². The van der Waals surface area contributed by atoms with Crippen LogP contribution < -0.4 is 15.0 Å². The zero-order valence-corrected chi connectivity index (χ0v) is 14.9. The highest BCUT2D eigenvalue weighted by Gasteiger charge is 2.14. The first kappa shape index (κ1) is 18.5. The van der Waals surface area contributed by atoms with Crippen molar-refractivity contribution in [2.24, 2.45) is 0 Å². The smallest absolute Gasteiger partial charge is 0.223 e. The van der Waals surface area contributed by atoms with E-state index in [0.717, 1.165) is 22.6 Å². The maximum atomic E-state index is 12.1. The van der Waals surface area contributed by atoms with Gasteiger partial charge in [-0.3, -0.25) is 9.59 Å². The van der Waals surface area contributed by atoms with Gasteiger partial charge >= 0.3 is 0 Å². The first-order valence-electron chi connectivity index (χ1n) is 8.24. The summed E-state index contributed by atoms with van der Waals surface area (Å²) in [7, 11) is 1.62. The molecule has 25 heavy (non-hydrogen) atoms. The van der Waals surface area contributed by atoms with E-state index in [2.05, 4.69) is 5.32 Å². The molecule has 2 aromatic carbocycles. The second kappa shape index (κ2) is 8.87. The van der Waals surface area contributed by atoms with Crippen molar-refractivity contribution >= 4 is 17.5 Å². The molecule has 2 aromatic rings.